The van der Waals surface area contributed by atoms with Gasteiger partial charge in [0.05, 0.1) is 22.3 Å². The molecule has 5 rings (SSSR count). The van der Waals surface area contributed by atoms with E-state index in [1.165, 1.54) is 36.4 Å². The number of hydrogen-bond donors (Lipinski definition) is 1. The lowest BCUT2D eigenvalue weighted by molar-refractivity contribution is -0.384. The summed E-state index contributed by atoms with van der Waals surface area (Å²) in [6.45, 7) is -0.376. The number of allylic oxidation sites excluding steroid dienone is 3. The Hall–Kier alpha value is -5.33. The zero-order valence-corrected chi connectivity index (χ0v) is 21.3. The van der Waals surface area contributed by atoms with Crippen molar-refractivity contribution < 1.29 is 43.2 Å². The predicted octanol–water partition coefficient (Wildman–Crippen LogP) is 2.62. The lowest BCUT2D eigenvalue weighted by atomic mass is 9.84. The highest BCUT2D eigenvalue weighted by Gasteiger charge is 2.58. The predicted molar refractivity (Wildman–Crippen MR) is 137 cm³/mol. The number of rotatable bonds is 10. The minimum Gasteiger partial charge on any atom is -0.447 e. The Morgan fingerprint density at radius 2 is 1.76 bits per heavy atom. The average Bonchev–Trinajstić information content (AvgIpc) is 3.66. The maximum absolute atomic E-state index is 13.0. The fourth-order valence-corrected chi connectivity index (χ4v) is 4.84. The van der Waals surface area contributed by atoms with Gasteiger partial charge in [-0.15, -0.1) is 5.06 Å². The lowest BCUT2D eigenvalue weighted by Crippen LogP contribution is -2.41. The summed E-state index contributed by atoms with van der Waals surface area (Å²) in [4.78, 5) is 79.0. The van der Waals surface area contributed by atoms with Crippen molar-refractivity contribution in [3.05, 3.63) is 99.6 Å². The SMILES string of the molecule is O=C(NCC[C@@H](OC(=O)c1ccccc1)C(=O)ON1C(=O)[C@@H]2C3=CC(C=C3)[C@@H]2C1=O)OCc1ccc([N+](=O)[O-])cc1. The van der Waals surface area contributed by atoms with Gasteiger partial charge in [-0.25, -0.2) is 14.4 Å². The van der Waals surface area contributed by atoms with Gasteiger partial charge in [0.1, 0.15) is 6.61 Å². The summed E-state index contributed by atoms with van der Waals surface area (Å²) in [7, 11) is 0. The highest BCUT2D eigenvalue weighted by molar-refractivity contribution is 6.08. The molecule has 1 fully saturated rings. The van der Waals surface area contributed by atoms with Gasteiger partial charge in [0.2, 0.25) is 6.10 Å². The quantitative estimate of drug-likeness (QED) is 0.197. The Labute approximate surface area is 232 Å². The first-order chi connectivity index (χ1) is 19.7. The molecule has 0 radical (unpaired) electrons. The molecular formula is C28H23N3O10. The van der Waals surface area contributed by atoms with Crippen molar-refractivity contribution in [3.63, 3.8) is 0 Å². The number of nitrogens with zero attached hydrogens (tertiary/aromatic N) is 2. The third kappa shape index (κ3) is 5.69. The third-order valence-corrected chi connectivity index (χ3v) is 6.88. The van der Waals surface area contributed by atoms with E-state index in [1.807, 2.05) is 12.2 Å². The van der Waals surface area contributed by atoms with E-state index in [4.69, 9.17) is 14.3 Å². The molecule has 1 N–H and O–H groups in total. The molecule has 13 heteroatoms. The molecule has 2 aromatic carbocycles. The van der Waals surface area contributed by atoms with Crippen LogP contribution in [-0.4, -0.2) is 52.5 Å². The maximum atomic E-state index is 13.0. The van der Waals surface area contributed by atoms with E-state index in [1.54, 1.807) is 24.3 Å². The summed E-state index contributed by atoms with van der Waals surface area (Å²) >= 11 is 0. The molecule has 1 unspecified atom stereocenters. The molecule has 2 aliphatic carbocycles. The number of carbonyl (C=O) groups is 5. The molecule has 41 heavy (non-hydrogen) atoms. The number of nitro benzene ring substituents is 1. The van der Waals surface area contributed by atoms with Crippen LogP contribution in [0, 0.1) is 27.9 Å². The molecule has 1 heterocycles. The molecule has 0 spiro atoms. The van der Waals surface area contributed by atoms with Crippen LogP contribution in [0.25, 0.3) is 0 Å². The van der Waals surface area contributed by atoms with Crippen LogP contribution in [0.4, 0.5) is 10.5 Å². The minimum absolute atomic E-state index is 0.108. The van der Waals surface area contributed by atoms with Gasteiger partial charge >= 0.3 is 18.0 Å². The van der Waals surface area contributed by atoms with E-state index in [0.29, 0.717) is 16.2 Å². The second-order valence-corrected chi connectivity index (χ2v) is 9.46. The number of nitro groups is 1. The number of hydrogen-bond acceptors (Lipinski definition) is 10. The zero-order chi connectivity index (χ0) is 29.1. The summed E-state index contributed by atoms with van der Waals surface area (Å²) in [6.07, 6.45) is 2.71. The number of nitrogens with one attached hydrogen (secondary N) is 1. The summed E-state index contributed by atoms with van der Waals surface area (Å²) in [6, 6.07) is 13.3. The number of esters is 1. The van der Waals surface area contributed by atoms with Crippen molar-refractivity contribution in [1.82, 2.24) is 10.4 Å². The second kappa shape index (κ2) is 11.4. The summed E-state index contributed by atoms with van der Waals surface area (Å²) in [5, 5.41) is 13.6. The van der Waals surface area contributed by atoms with Crippen molar-refractivity contribution in [2.75, 3.05) is 6.54 Å². The monoisotopic (exact) mass is 561 g/mol. The van der Waals surface area contributed by atoms with E-state index >= 15 is 0 Å². The summed E-state index contributed by atoms with van der Waals surface area (Å²) in [5.74, 6) is -4.98. The highest BCUT2D eigenvalue weighted by Crippen LogP contribution is 2.48. The number of imide groups is 1. The molecule has 2 aromatic rings. The van der Waals surface area contributed by atoms with Crippen molar-refractivity contribution in [2.45, 2.75) is 19.1 Å². The zero-order valence-electron chi connectivity index (χ0n) is 21.3. The molecular weight excluding hydrogens is 538 g/mol. The Morgan fingerprint density at radius 1 is 1.02 bits per heavy atom. The number of non-ortho nitro benzene ring substituents is 1. The first-order valence-corrected chi connectivity index (χ1v) is 12.6. The van der Waals surface area contributed by atoms with E-state index < -0.39 is 52.7 Å². The molecule has 3 aliphatic rings. The molecule has 13 nitrogen and oxygen atoms in total. The van der Waals surface area contributed by atoms with Crippen LogP contribution < -0.4 is 5.32 Å². The molecule has 210 valence electrons. The summed E-state index contributed by atoms with van der Waals surface area (Å²) in [5.41, 5.74) is 1.24. The fraction of sp³-hybridized carbons (Fsp3) is 0.250. The lowest BCUT2D eigenvalue weighted by Gasteiger charge is -2.20. The Morgan fingerprint density at radius 3 is 2.44 bits per heavy atom. The van der Waals surface area contributed by atoms with Gasteiger partial charge in [-0.05, 0) is 35.4 Å². The number of amides is 3. The average molecular weight is 562 g/mol. The number of alkyl carbamates (subject to hydrolysis) is 1. The fourth-order valence-electron chi connectivity index (χ4n) is 4.84. The van der Waals surface area contributed by atoms with Crippen LogP contribution >= 0.6 is 0 Å². The molecule has 1 saturated heterocycles. The molecule has 4 atom stereocenters. The number of fused-ring (bicyclic) bond motifs is 4. The van der Waals surface area contributed by atoms with Gasteiger partial charge in [0.25, 0.3) is 17.5 Å². The van der Waals surface area contributed by atoms with Crippen LogP contribution in [0.3, 0.4) is 0 Å². The van der Waals surface area contributed by atoms with E-state index in [9.17, 15) is 34.1 Å². The number of hydroxylamine groups is 2. The first kappa shape index (κ1) is 27.2. The third-order valence-electron chi connectivity index (χ3n) is 6.88. The summed E-state index contributed by atoms with van der Waals surface area (Å²) < 4.78 is 10.4. The number of ether oxygens (including phenoxy) is 2. The van der Waals surface area contributed by atoms with Crippen LogP contribution in [0.2, 0.25) is 0 Å². The number of benzene rings is 2. The van der Waals surface area contributed by atoms with Crippen molar-refractivity contribution in [1.29, 1.82) is 0 Å². The molecule has 0 saturated carbocycles. The van der Waals surface area contributed by atoms with Gasteiger partial charge in [-0.1, -0.05) is 36.4 Å². The molecule has 2 bridgehead atoms. The van der Waals surface area contributed by atoms with E-state index in [2.05, 4.69) is 5.32 Å². The second-order valence-electron chi connectivity index (χ2n) is 9.46. The van der Waals surface area contributed by atoms with Crippen molar-refractivity contribution in [2.24, 2.45) is 17.8 Å². The smallest absolute Gasteiger partial charge is 0.407 e. The molecule has 0 aromatic heterocycles. The standard InChI is InChI=1S/C28H23N3O10/c32-24-22-18-8-9-19(14-18)23(22)25(33)30(24)41-27(35)21(40-26(34)17-4-2-1-3-5-17)12-13-29-28(36)39-15-16-6-10-20(11-7-16)31(37)38/h1-11,14,18,21-23H,12-13,15H2,(H,29,36)/t18?,21-,22+,23-/m1/s1. The van der Waals surface area contributed by atoms with E-state index in [0.717, 1.165) is 0 Å². The van der Waals surface area contributed by atoms with Crippen molar-refractivity contribution in [3.8, 4) is 0 Å². The van der Waals surface area contributed by atoms with Gasteiger partial charge in [0.15, 0.2) is 0 Å². The molecule has 3 amide bonds. The van der Waals surface area contributed by atoms with Crippen LogP contribution in [0.1, 0.15) is 22.3 Å². The van der Waals surface area contributed by atoms with E-state index in [-0.39, 0.29) is 36.7 Å². The Kier molecular flexibility index (Phi) is 7.59. The van der Waals surface area contributed by atoms with Gasteiger partial charge in [-0.2, -0.15) is 0 Å². The van der Waals surface area contributed by atoms with Crippen LogP contribution in [0.15, 0.2) is 78.4 Å². The van der Waals surface area contributed by atoms with Crippen molar-refractivity contribution >= 4 is 35.5 Å². The molecule has 1 aliphatic heterocycles. The maximum Gasteiger partial charge on any atom is 0.407 e. The van der Waals surface area contributed by atoms with Crippen LogP contribution in [-0.2, 0) is 35.3 Å². The minimum atomic E-state index is -1.58. The number of carbonyl (C=O) groups excluding carboxylic acids is 5. The van der Waals surface area contributed by atoms with Gasteiger partial charge in [-0.3, -0.25) is 19.7 Å². The van der Waals surface area contributed by atoms with Gasteiger partial charge < -0.3 is 19.6 Å². The van der Waals surface area contributed by atoms with Crippen LogP contribution in [0.5, 0.6) is 0 Å². The normalized spacial score (nSPS) is 20.7. The largest absolute Gasteiger partial charge is 0.447 e. The first-order valence-electron chi connectivity index (χ1n) is 12.6. The Bertz CT molecular complexity index is 1470. The topological polar surface area (TPSA) is 171 Å². The highest BCUT2D eigenvalue weighted by atomic mass is 16.7. The van der Waals surface area contributed by atoms with Gasteiger partial charge in [0, 0.05) is 31.0 Å². The Balaban J connectivity index is 1.18.